The van der Waals surface area contributed by atoms with Crippen LogP contribution in [0, 0.1) is 5.82 Å². The molecule has 0 aliphatic heterocycles. The Morgan fingerprint density at radius 2 is 1.97 bits per heavy atom. The third-order valence-corrected chi connectivity index (χ3v) is 5.56. The summed E-state index contributed by atoms with van der Waals surface area (Å²) in [6.45, 7) is 2.01. The average Bonchev–Trinajstić information content (AvgIpc) is 3.14. The molecule has 9 heteroatoms. The molecule has 0 aliphatic rings. The number of anilines is 1. The molecule has 2 aromatic carbocycles. The second-order valence-electron chi connectivity index (χ2n) is 6.16. The van der Waals surface area contributed by atoms with Crippen LogP contribution in [0.2, 0.25) is 0 Å². The highest BCUT2D eigenvalue weighted by atomic mass is 32.2. The molecule has 0 saturated heterocycles. The molecule has 0 unspecified atom stereocenters. The fraction of sp³-hybridized carbons (Fsp3) is 0.100. The van der Waals surface area contributed by atoms with Crippen LogP contribution in [0.25, 0.3) is 17.0 Å². The zero-order chi connectivity index (χ0) is 20.4. The Hall–Kier alpha value is -3.46. The van der Waals surface area contributed by atoms with Crippen molar-refractivity contribution in [2.24, 2.45) is 0 Å². The maximum Gasteiger partial charge on any atom is 0.262 e. The zero-order valence-electron chi connectivity index (χ0n) is 15.4. The molecule has 1 N–H and O–H groups in total. The molecule has 0 amide bonds. The van der Waals surface area contributed by atoms with Crippen molar-refractivity contribution in [1.29, 1.82) is 0 Å². The summed E-state index contributed by atoms with van der Waals surface area (Å²) in [5.74, 6) is -0.145. The molecule has 2 heterocycles. The second-order valence-corrected chi connectivity index (χ2v) is 7.84. The molecule has 0 fully saturated rings. The van der Waals surface area contributed by atoms with Gasteiger partial charge in [0.1, 0.15) is 0 Å². The van der Waals surface area contributed by atoms with Crippen molar-refractivity contribution in [3.63, 3.8) is 0 Å². The van der Waals surface area contributed by atoms with Crippen LogP contribution in [0.5, 0.6) is 5.75 Å². The number of sulfonamides is 1. The first kappa shape index (κ1) is 18.9. The summed E-state index contributed by atoms with van der Waals surface area (Å²) in [5.41, 5.74) is 1.88. The van der Waals surface area contributed by atoms with Gasteiger partial charge in [0, 0.05) is 29.8 Å². The zero-order valence-corrected chi connectivity index (χ0v) is 16.2. The molecule has 0 bridgehead atoms. The Balaban J connectivity index is 1.55. The Morgan fingerprint density at radius 3 is 2.66 bits per heavy atom. The van der Waals surface area contributed by atoms with E-state index in [1.807, 2.05) is 12.4 Å². The monoisotopic (exact) mass is 412 g/mol. The minimum atomic E-state index is -3.94. The molecular weight excluding hydrogens is 395 g/mol. The van der Waals surface area contributed by atoms with Gasteiger partial charge in [-0.05, 0) is 43.3 Å². The molecule has 29 heavy (non-hydrogen) atoms. The Labute approximate surface area is 166 Å². The first-order chi connectivity index (χ1) is 14.0. The van der Waals surface area contributed by atoms with Gasteiger partial charge in [0.25, 0.3) is 10.0 Å². The molecule has 0 spiro atoms. The average molecular weight is 412 g/mol. The molecule has 4 rings (SSSR count). The van der Waals surface area contributed by atoms with Gasteiger partial charge >= 0.3 is 0 Å². The van der Waals surface area contributed by atoms with E-state index in [0.29, 0.717) is 17.2 Å². The lowest BCUT2D eigenvalue weighted by molar-refractivity contribution is 0.321. The Kier molecular flexibility index (Phi) is 4.89. The fourth-order valence-electron chi connectivity index (χ4n) is 2.81. The highest BCUT2D eigenvalue weighted by Gasteiger charge is 2.17. The highest BCUT2D eigenvalue weighted by molar-refractivity contribution is 7.92. The number of hydrogen-bond acceptors (Lipinski definition) is 5. The van der Waals surface area contributed by atoms with E-state index in [4.69, 9.17) is 4.74 Å². The lowest BCUT2D eigenvalue weighted by atomic mass is 10.1. The number of ether oxygens (including phenoxy) is 1. The summed E-state index contributed by atoms with van der Waals surface area (Å²) < 4.78 is 48.4. The number of benzene rings is 2. The molecular formula is C20H17FN4O3S. The second kappa shape index (κ2) is 7.51. The predicted molar refractivity (Wildman–Crippen MR) is 107 cm³/mol. The van der Waals surface area contributed by atoms with Crippen LogP contribution >= 0.6 is 0 Å². The number of hydrogen-bond donors (Lipinski definition) is 1. The van der Waals surface area contributed by atoms with Gasteiger partial charge < -0.3 is 4.74 Å². The number of fused-ring (bicyclic) bond motifs is 1. The number of rotatable bonds is 6. The largest absolute Gasteiger partial charge is 0.491 e. The van der Waals surface area contributed by atoms with Gasteiger partial charge in [-0.25, -0.2) is 22.8 Å². The first-order valence-corrected chi connectivity index (χ1v) is 10.3. The molecule has 0 saturated carbocycles. The molecule has 4 aromatic rings. The van der Waals surface area contributed by atoms with Crippen molar-refractivity contribution in [2.45, 2.75) is 11.8 Å². The summed E-state index contributed by atoms with van der Waals surface area (Å²) in [5, 5.41) is 0. The van der Waals surface area contributed by atoms with Crippen LogP contribution < -0.4 is 9.46 Å². The maximum absolute atomic E-state index is 14.0. The van der Waals surface area contributed by atoms with Gasteiger partial charge in [-0.3, -0.25) is 9.12 Å². The minimum Gasteiger partial charge on any atom is -0.491 e. The molecule has 0 aliphatic carbocycles. The van der Waals surface area contributed by atoms with Crippen molar-refractivity contribution in [3.8, 4) is 17.0 Å². The van der Waals surface area contributed by atoms with Crippen LogP contribution in [0.4, 0.5) is 10.1 Å². The molecule has 148 valence electrons. The first-order valence-electron chi connectivity index (χ1n) is 8.81. The number of nitrogens with zero attached hydrogens (tertiary/aromatic N) is 3. The molecule has 2 aromatic heterocycles. The Morgan fingerprint density at radius 1 is 1.17 bits per heavy atom. The molecule has 0 atom stereocenters. The minimum absolute atomic E-state index is 0.0118. The molecule has 0 radical (unpaired) electrons. The topological polar surface area (TPSA) is 85.6 Å². The van der Waals surface area contributed by atoms with Crippen LogP contribution in [-0.4, -0.2) is 29.4 Å². The van der Waals surface area contributed by atoms with E-state index in [0.717, 1.165) is 11.6 Å². The van der Waals surface area contributed by atoms with Crippen molar-refractivity contribution < 1.29 is 17.5 Å². The van der Waals surface area contributed by atoms with Crippen molar-refractivity contribution in [1.82, 2.24) is 14.4 Å². The van der Waals surface area contributed by atoms with Crippen LogP contribution in [0.3, 0.4) is 0 Å². The van der Waals surface area contributed by atoms with Crippen LogP contribution in [0.1, 0.15) is 6.92 Å². The summed E-state index contributed by atoms with van der Waals surface area (Å²) in [7, 11) is -3.94. The number of nitrogens with one attached hydrogen (secondary N) is 1. The summed E-state index contributed by atoms with van der Waals surface area (Å²) >= 11 is 0. The lowest BCUT2D eigenvalue weighted by Crippen LogP contribution is -2.13. The summed E-state index contributed by atoms with van der Waals surface area (Å²) in [6, 6.07) is 12.1. The quantitative estimate of drug-likeness (QED) is 0.522. The van der Waals surface area contributed by atoms with Gasteiger partial charge in [-0.15, -0.1) is 0 Å². The number of imidazole rings is 1. The SMILES string of the molecule is CCOc1ccc(S(=O)(=O)Nc2ccc(-c3cn4cccnc4n3)cc2)cc1F. The van der Waals surface area contributed by atoms with Gasteiger partial charge in [-0.2, -0.15) is 0 Å². The van der Waals surface area contributed by atoms with Crippen molar-refractivity contribution >= 4 is 21.5 Å². The Bertz CT molecular complexity index is 1240. The van der Waals surface area contributed by atoms with E-state index in [2.05, 4.69) is 14.7 Å². The smallest absolute Gasteiger partial charge is 0.262 e. The van der Waals surface area contributed by atoms with E-state index in [1.54, 1.807) is 47.9 Å². The van der Waals surface area contributed by atoms with E-state index in [-0.39, 0.29) is 17.3 Å². The standard InChI is InChI=1S/C20H17FN4O3S/c1-2-28-19-9-8-16(12-17(19)21)29(26,27)24-15-6-4-14(5-7-15)18-13-25-11-3-10-22-20(25)23-18/h3-13,24H,2H2,1H3. The van der Waals surface area contributed by atoms with E-state index < -0.39 is 15.8 Å². The van der Waals surface area contributed by atoms with Gasteiger partial charge in [-0.1, -0.05) is 12.1 Å². The van der Waals surface area contributed by atoms with E-state index >= 15 is 0 Å². The van der Waals surface area contributed by atoms with Crippen molar-refractivity contribution in [2.75, 3.05) is 11.3 Å². The number of halogens is 1. The van der Waals surface area contributed by atoms with Crippen molar-refractivity contribution in [3.05, 3.63) is 72.9 Å². The summed E-state index contributed by atoms with van der Waals surface area (Å²) in [4.78, 5) is 8.41. The fourth-order valence-corrected chi connectivity index (χ4v) is 3.88. The van der Waals surface area contributed by atoms with E-state index in [9.17, 15) is 12.8 Å². The van der Waals surface area contributed by atoms with Crippen LogP contribution in [-0.2, 0) is 10.0 Å². The third kappa shape index (κ3) is 3.90. The predicted octanol–water partition coefficient (Wildman–Crippen LogP) is 3.73. The normalized spacial score (nSPS) is 11.5. The van der Waals surface area contributed by atoms with Crippen LogP contribution in [0.15, 0.2) is 72.0 Å². The summed E-state index contributed by atoms with van der Waals surface area (Å²) in [6.07, 6.45) is 5.34. The highest BCUT2D eigenvalue weighted by Crippen LogP contribution is 2.25. The van der Waals surface area contributed by atoms with E-state index in [1.165, 1.54) is 12.1 Å². The molecule has 7 nitrogen and oxygen atoms in total. The third-order valence-electron chi connectivity index (χ3n) is 4.18. The van der Waals surface area contributed by atoms with Gasteiger partial charge in [0.15, 0.2) is 11.6 Å². The number of aromatic nitrogens is 3. The van der Waals surface area contributed by atoms with Gasteiger partial charge in [0.2, 0.25) is 5.78 Å². The lowest BCUT2D eigenvalue weighted by Gasteiger charge is -2.10. The van der Waals surface area contributed by atoms with Gasteiger partial charge in [0.05, 0.1) is 17.2 Å². The maximum atomic E-state index is 14.0.